The zero-order valence-corrected chi connectivity index (χ0v) is 8.00. The van der Waals surface area contributed by atoms with Crippen molar-refractivity contribution in [3.63, 3.8) is 0 Å². The van der Waals surface area contributed by atoms with E-state index in [9.17, 15) is 13.2 Å². The van der Waals surface area contributed by atoms with Crippen molar-refractivity contribution in [1.82, 2.24) is 9.97 Å². The van der Waals surface area contributed by atoms with E-state index in [4.69, 9.17) is 0 Å². The predicted molar refractivity (Wildman–Crippen MR) is 45.3 cm³/mol. The van der Waals surface area contributed by atoms with Crippen LogP contribution >= 0.6 is 0 Å². The fourth-order valence-electron chi connectivity index (χ4n) is 0.836. The van der Waals surface area contributed by atoms with E-state index in [0.29, 0.717) is 12.1 Å². The van der Waals surface area contributed by atoms with Crippen molar-refractivity contribution in [2.45, 2.75) is 11.9 Å². The van der Waals surface area contributed by atoms with Crippen molar-refractivity contribution in [2.24, 2.45) is 0 Å². The van der Waals surface area contributed by atoms with E-state index >= 15 is 0 Å². The van der Waals surface area contributed by atoms with Crippen LogP contribution in [0.2, 0.25) is 0 Å². The molecule has 5 nitrogen and oxygen atoms in total. The Morgan fingerprint density at radius 2 is 2.08 bits per heavy atom. The summed E-state index contributed by atoms with van der Waals surface area (Å²) in [6.07, 6.45) is 2.63. The Hall–Kier alpha value is -1.30. The van der Waals surface area contributed by atoms with Gasteiger partial charge in [0, 0.05) is 12.5 Å². The Balaban J connectivity index is 3.50. The summed E-state index contributed by atoms with van der Waals surface area (Å²) >= 11 is 0. The molecule has 0 bridgehead atoms. The maximum absolute atomic E-state index is 11.1. The molecule has 0 aliphatic carbocycles. The van der Waals surface area contributed by atoms with Gasteiger partial charge in [-0.3, -0.25) is 4.79 Å². The maximum atomic E-state index is 11.1. The lowest BCUT2D eigenvalue weighted by Gasteiger charge is -2.00. The summed E-state index contributed by atoms with van der Waals surface area (Å²) in [5.74, 6) is 0.325. The third-order valence-corrected chi connectivity index (χ3v) is 2.41. The molecule has 0 aromatic carbocycles. The average molecular weight is 200 g/mol. The van der Waals surface area contributed by atoms with E-state index in [1.807, 2.05) is 0 Å². The molecule has 0 N–H and O–H groups in total. The van der Waals surface area contributed by atoms with Gasteiger partial charge in [-0.25, -0.2) is 18.4 Å². The van der Waals surface area contributed by atoms with Crippen LogP contribution in [0, 0.1) is 6.92 Å². The zero-order valence-electron chi connectivity index (χ0n) is 7.18. The smallest absolute Gasteiger partial charge is 0.193 e. The molecule has 0 saturated carbocycles. The number of sulfone groups is 1. The fourth-order valence-corrected chi connectivity index (χ4v) is 1.66. The Labute approximate surface area is 75.8 Å². The number of carbonyl (C=O) groups is 1. The number of carbonyl (C=O) groups excluding carboxylic acids is 1. The third kappa shape index (κ3) is 2.09. The topological polar surface area (TPSA) is 77.0 Å². The van der Waals surface area contributed by atoms with Crippen molar-refractivity contribution in [3.05, 3.63) is 17.6 Å². The van der Waals surface area contributed by atoms with Crippen LogP contribution in [0.15, 0.2) is 11.2 Å². The number of hydrogen-bond donors (Lipinski definition) is 0. The van der Waals surface area contributed by atoms with Crippen LogP contribution in [-0.4, -0.2) is 30.9 Å². The largest absolute Gasteiger partial charge is 0.298 e. The number of rotatable bonds is 2. The fraction of sp³-hybridized carbons (Fsp3) is 0.286. The molecule has 0 aliphatic heterocycles. The zero-order chi connectivity index (χ0) is 10.1. The van der Waals surface area contributed by atoms with Crippen molar-refractivity contribution >= 4 is 16.1 Å². The van der Waals surface area contributed by atoms with Crippen molar-refractivity contribution in [3.8, 4) is 0 Å². The Morgan fingerprint density at radius 1 is 1.46 bits per heavy atom. The summed E-state index contributed by atoms with van der Waals surface area (Å²) in [6, 6.07) is 0. The molecule has 70 valence electrons. The molecular formula is C7H8N2O3S. The monoisotopic (exact) mass is 200 g/mol. The minimum atomic E-state index is -3.45. The summed E-state index contributed by atoms with van der Waals surface area (Å²) in [7, 11) is -3.45. The van der Waals surface area contributed by atoms with Gasteiger partial charge < -0.3 is 0 Å². The van der Waals surface area contributed by atoms with Crippen LogP contribution in [0.3, 0.4) is 0 Å². The highest BCUT2D eigenvalue weighted by atomic mass is 32.2. The lowest BCUT2D eigenvalue weighted by molar-refractivity contribution is 0.111. The van der Waals surface area contributed by atoms with Gasteiger partial charge in [-0.1, -0.05) is 0 Å². The molecule has 0 fully saturated rings. The van der Waals surface area contributed by atoms with E-state index < -0.39 is 9.84 Å². The van der Waals surface area contributed by atoms with Gasteiger partial charge in [-0.05, 0) is 6.92 Å². The van der Waals surface area contributed by atoms with Crippen LogP contribution in [0.1, 0.15) is 16.2 Å². The standard InChI is InChI=1S/C7H8N2O3S/c1-5-8-3-6(4-10)7(9-5)13(2,11)12/h3-4H,1-2H3. The highest BCUT2D eigenvalue weighted by molar-refractivity contribution is 7.90. The first-order chi connectivity index (χ1) is 5.95. The second-order valence-corrected chi connectivity index (χ2v) is 4.50. The number of aldehydes is 1. The van der Waals surface area contributed by atoms with Gasteiger partial charge in [0.1, 0.15) is 5.82 Å². The van der Waals surface area contributed by atoms with Crippen LogP contribution in [0.25, 0.3) is 0 Å². The third-order valence-electron chi connectivity index (χ3n) is 1.38. The molecular weight excluding hydrogens is 192 g/mol. The number of aromatic nitrogens is 2. The second kappa shape index (κ2) is 3.21. The minimum absolute atomic E-state index is 0.00639. The van der Waals surface area contributed by atoms with Gasteiger partial charge in [0.05, 0.1) is 5.56 Å². The Morgan fingerprint density at radius 3 is 2.54 bits per heavy atom. The molecule has 1 aromatic rings. The van der Waals surface area contributed by atoms with Crippen LogP contribution in [0.5, 0.6) is 0 Å². The molecule has 6 heteroatoms. The van der Waals surface area contributed by atoms with Crippen LogP contribution in [-0.2, 0) is 9.84 Å². The number of nitrogens with zero attached hydrogens (tertiary/aromatic N) is 2. The van der Waals surface area contributed by atoms with Gasteiger partial charge in [-0.15, -0.1) is 0 Å². The molecule has 13 heavy (non-hydrogen) atoms. The summed E-state index contributed by atoms with van der Waals surface area (Å²) in [5.41, 5.74) is -0.00639. The first kappa shape index (κ1) is 9.79. The molecule has 0 amide bonds. The van der Waals surface area contributed by atoms with Gasteiger partial charge >= 0.3 is 0 Å². The number of aryl methyl sites for hydroxylation is 1. The van der Waals surface area contributed by atoms with E-state index in [-0.39, 0.29) is 10.6 Å². The van der Waals surface area contributed by atoms with E-state index in [1.54, 1.807) is 6.92 Å². The quantitative estimate of drug-likeness (QED) is 0.496. The maximum Gasteiger partial charge on any atom is 0.193 e. The molecule has 0 radical (unpaired) electrons. The molecule has 0 atom stereocenters. The Bertz CT molecular complexity index is 439. The normalized spacial score (nSPS) is 11.2. The van der Waals surface area contributed by atoms with Crippen molar-refractivity contribution in [2.75, 3.05) is 6.26 Å². The van der Waals surface area contributed by atoms with Gasteiger partial charge in [-0.2, -0.15) is 0 Å². The van der Waals surface area contributed by atoms with Crippen LogP contribution in [0.4, 0.5) is 0 Å². The first-order valence-corrected chi connectivity index (χ1v) is 5.33. The predicted octanol–water partition coefficient (Wildman–Crippen LogP) is 0.00102. The van der Waals surface area contributed by atoms with Crippen molar-refractivity contribution in [1.29, 1.82) is 0 Å². The summed E-state index contributed by atoms with van der Waals surface area (Å²) in [4.78, 5) is 17.8. The average Bonchev–Trinajstić information content (AvgIpc) is 2.03. The molecule has 0 saturated heterocycles. The molecule has 1 rings (SSSR count). The SMILES string of the molecule is Cc1ncc(C=O)c(S(C)(=O)=O)n1. The molecule has 0 spiro atoms. The molecule has 0 unspecified atom stereocenters. The Kier molecular flexibility index (Phi) is 2.42. The van der Waals surface area contributed by atoms with E-state index in [0.717, 1.165) is 6.26 Å². The summed E-state index contributed by atoms with van der Waals surface area (Å²) in [5, 5.41) is -0.213. The van der Waals surface area contributed by atoms with Crippen molar-refractivity contribution < 1.29 is 13.2 Å². The molecule has 0 aliphatic rings. The second-order valence-electron chi connectivity index (χ2n) is 2.57. The molecule has 1 heterocycles. The highest BCUT2D eigenvalue weighted by Gasteiger charge is 2.15. The number of hydrogen-bond acceptors (Lipinski definition) is 5. The van der Waals surface area contributed by atoms with Crippen LogP contribution < -0.4 is 0 Å². The summed E-state index contributed by atoms with van der Waals surface area (Å²) in [6.45, 7) is 1.56. The van der Waals surface area contributed by atoms with Gasteiger partial charge in [0.25, 0.3) is 0 Å². The van der Waals surface area contributed by atoms with E-state index in [2.05, 4.69) is 9.97 Å². The molecule has 1 aromatic heterocycles. The minimum Gasteiger partial charge on any atom is -0.298 e. The highest BCUT2D eigenvalue weighted by Crippen LogP contribution is 2.09. The lowest BCUT2D eigenvalue weighted by Crippen LogP contribution is -2.07. The first-order valence-electron chi connectivity index (χ1n) is 3.44. The van der Waals surface area contributed by atoms with Gasteiger partial charge in [0.15, 0.2) is 21.1 Å². The van der Waals surface area contributed by atoms with E-state index in [1.165, 1.54) is 6.20 Å². The lowest BCUT2D eigenvalue weighted by atomic mass is 10.4. The van der Waals surface area contributed by atoms with Gasteiger partial charge in [0.2, 0.25) is 0 Å². The summed E-state index contributed by atoms with van der Waals surface area (Å²) < 4.78 is 22.2.